The van der Waals surface area contributed by atoms with Crippen LogP contribution in [0, 0.1) is 0 Å². The first-order chi connectivity index (χ1) is 8.80. The van der Waals surface area contributed by atoms with Crippen LogP contribution >= 0.6 is 11.8 Å². The van der Waals surface area contributed by atoms with Gasteiger partial charge in [0.05, 0.1) is 11.4 Å². The maximum absolute atomic E-state index is 3.81. The summed E-state index contributed by atoms with van der Waals surface area (Å²) in [7, 11) is 0. The van der Waals surface area contributed by atoms with E-state index in [0.717, 1.165) is 22.5 Å². The molecule has 1 aliphatic heterocycles. The standard InChI is InChI=1S/C16H13NS/c1-3-11-5-7-13-15(9-11)18-16-10-12(4-2)6-8-14(16)17-13/h3-10,17H,1-2H2. The van der Waals surface area contributed by atoms with Crippen molar-refractivity contribution in [3.8, 4) is 0 Å². The predicted molar refractivity (Wildman–Crippen MR) is 80.5 cm³/mol. The first-order valence-electron chi connectivity index (χ1n) is 5.78. The largest absolute Gasteiger partial charge is 0.354 e. The Hall–Kier alpha value is -1.93. The van der Waals surface area contributed by atoms with E-state index in [0.29, 0.717) is 0 Å². The Bertz CT molecular complexity index is 588. The quantitative estimate of drug-likeness (QED) is 0.673. The van der Waals surface area contributed by atoms with E-state index in [1.165, 1.54) is 9.79 Å². The molecule has 0 spiro atoms. The van der Waals surface area contributed by atoms with E-state index in [1.807, 2.05) is 12.2 Å². The Labute approximate surface area is 111 Å². The minimum atomic E-state index is 1.14. The van der Waals surface area contributed by atoms with Crippen LogP contribution in [0.3, 0.4) is 0 Å². The number of fused-ring (bicyclic) bond motifs is 2. The summed E-state index contributed by atoms with van der Waals surface area (Å²) < 4.78 is 0. The molecule has 1 nitrogen and oxygen atoms in total. The highest BCUT2D eigenvalue weighted by Gasteiger charge is 2.15. The molecule has 0 unspecified atom stereocenters. The van der Waals surface area contributed by atoms with E-state index in [1.54, 1.807) is 11.8 Å². The maximum Gasteiger partial charge on any atom is 0.0526 e. The Kier molecular flexibility index (Phi) is 2.73. The fraction of sp³-hybridized carbons (Fsp3) is 0. The van der Waals surface area contributed by atoms with Crippen molar-refractivity contribution < 1.29 is 0 Å². The van der Waals surface area contributed by atoms with Crippen molar-refractivity contribution in [2.24, 2.45) is 0 Å². The molecular formula is C16H13NS. The average molecular weight is 251 g/mol. The summed E-state index contributed by atoms with van der Waals surface area (Å²) in [5.74, 6) is 0. The molecule has 0 fully saturated rings. The summed E-state index contributed by atoms with van der Waals surface area (Å²) in [6.45, 7) is 7.62. The number of benzene rings is 2. The van der Waals surface area contributed by atoms with E-state index < -0.39 is 0 Å². The molecule has 0 saturated heterocycles. The number of hydrogen-bond acceptors (Lipinski definition) is 2. The average Bonchev–Trinajstić information content (AvgIpc) is 2.43. The van der Waals surface area contributed by atoms with Gasteiger partial charge in [0.2, 0.25) is 0 Å². The zero-order valence-corrected chi connectivity index (χ0v) is 10.8. The van der Waals surface area contributed by atoms with Crippen LogP contribution in [-0.4, -0.2) is 0 Å². The molecule has 18 heavy (non-hydrogen) atoms. The van der Waals surface area contributed by atoms with Crippen molar-refractivity contribution >= 4 is 35.3 Å². The van der Waals surface area contributed by atoms with Crippen molar-refractivity contribution in [3.63, 3.8) is 0 Å². The molecule has 0 saturated carbocycles. The van der Waals surface area contributed by atoms with Gasteiger partial charge in [-0.3, -0.25) is 0 Å². The summed E-state index contributed by atoms with van der Waals surface area (Å²) in [4.78, 5) is 2.47. The van der Waals surface area contributed by atoms with E-state index in [9.17, 15) is 0 Å². The highest BCUT2D eigenvalue weighted by atomic mass is 32.2. The molecule has 0 radical (unpaired) electrons. The van der Waals surface area contributed by atoms with Crippen molar-refractivity contribution in [2.45, 2.75) is 9.79 Å². The van der Waals surface area contributed by atoms with Gasteiger partial charge in [0.15, 0.2) is 0 Å². The van der Waals surface area contributed by atoms with Gasteiger partial charge < -0.3 is 5.32 Å². The highest BCUT2D eigenvalue weighted by Crippen LogP contribution is 2.44. The van der Waals surface area contributed by atoms with Gasteiger partial charge in [-0.05, 0) is 35.4 Å². The van der Waals surface area contributed by atoms with Crippen molar-refractivity contribution in [2.75, 3.05) is 5.32 Å². The summed E-state index contributed by atoms with van der Waals surface area (Å²) in [5, 5.41) is 3.45. The Morgan fingerprint density at radius 2 is 1.33 bits per heavy atom. The molecular weight excluding hydrogens is 238 g/mol. The lowest BCUT2D eigenvalue weighted by Gasteiger charge is -2.21. The van der Waals surface area contributed by atoms with Crippen molar-refractivity contribution in [1.82, 2.24) is 0 Å². The lowest BCUT2D eigenvalue weighted by Crippen LogP contribution is -2.00. The Morgan fingerprint density at radius 3 is 1.78 bits per heavy atom. The van der Waals surface area contributed by atoms with Crippen LogP contribution in [0.5, 0.6) is 0 Å². The summed E-state index contributed by atoms with van der Waals surface area (Å²) in [5.41, 5.74) is 4.60. The van der Waals surface area contributed by atoms with Crippen LogP contribution in [0.15, 0.2) is 59.3 Å². The van der Waals surface area contributed by atoms with E-state index in [2.05, 4.69) is 54.9 Å². The monoisotopic (exact) mass is 251 g/mol. The molecule has 2 heteroatoms. The highest BCUT2D eigenvalue weighted by molar-refractivity contribution is 7.99. The topological polar surface area (TPSA) is 12.0 Å². The van der Waals surface area contributed by atoms with Crippen molar-refractivity contribution in [3.05, 3.63) is 60.7 Å². The third-order valence-corrected chi connectivity index (χ3v) is 4.09. The van der Waals surface area contributed by atoms with E-state index in [-0.39, 0.29) is 0 Å². The zero-order valence-electron chi connectivity index (χ0n) is 9.94. The molecule has 0 aromatic heterocycles. The maximum atomic E-state index is 3.81. The Morgan fingerprint density at radius 1 is 0.833 bits per heavy atom. The van der Waals surface area contributed by atoms with Gasteiger partial charge >= 0.3 is 0 Å². The molecule has 88 valence electrons. The van der Waals surface area contributed by atoms with Crippen LogP contribution < -0.4 is 5.32 Å². The number of rotatable bonds is 2. The second-order valence-electron chi connectivity index (χ2n) is 4.15. The molecule has 2 aromatic rings. The third kappa shape index (κ3) is 1.85. The SMILES string of the molecule is C=Cc1ccc2c(c1)Sc1cc(C=C)ccc1N2. The molecule has 0 bridgehead atoms. The van der Waals surface area contributed by atoms with Gasteiger partial charge in [-0.2, -0.15) is 0 Å². The normalized spacial score (nSPS) is 12.0. The third-order valence-electron chi connectivity index (χ3n) is 2.97. The van der Waals surface area contributed by atoms with E-state index >= 15 is 0 Å². The zero-order chi connectivity index (χ0) is 12.5. The molecule has 1 aliphatic rings. The summed E-state index contributed by atoms with van der Waals surface area (Å²) in [6, 6.07) is 12.7. The number of anilines is 2. The number of nitrogens with one attached hydrogen (secondary N) is 1. The van der Waals surface area contributed by atoms with Gasteiger partial charge in [-0.1, -0.05) is 49.2 Å². The molecule has 1 heterocycles. The fourth-order valence-electron chi connectivity index (χ4n) is 1.97. The van der Waals surface area contributed by atoms with Gasteiger partial charge in [0, 0.05) is 9.79 Å². The lowest BCUT2D eigenvalue weighted by atomic mass is 10.1. The minimum absolute atomic E-state index is 1.14. The second kappa shape index (κ2) is 4.39. The van der Waals surface area contributed by atoms with E-state index in [4.69, 9.17) is 0 Å². The molecule has 0 aliphatic carbocycles. The Balaban J connectivity index is 2.06. The van der Waals surface area contributed by atoms with Crippen LogP contribution in [0.2, 0.25) is 0 Å². The predicted octanol–water partition coefficient (Wildman–Crippen LogP) is 5.18. The molecule has 3 rings (SSSR count). The summed E-state index contributed by atoms with van der Waals surface area (Å²) in [6.07, 6.45) is 3.74. The molecule has 0 atom stereocenters. The smallest absolute Gasteiger partial charge is 0.0526 e. The first-order valence-corrected chi connectivity index (χ1v) is 6.59. The van der Waals surface area contributed by atoms with Gasteiger partial charge in [0.1, 0.15) is 0 Å². The first kappa shape index (κ1) is 11.2. The second-order valence-corrected chi connectivity index (χ2v) is 5.23. The van der Waals surface area contributed by atoms with Crippen LogP contribution in [0.25, 0.3) is 12.2 Å². The van der Waals surface area contributed by atoms with Crippen molar-refractivity contribution in [1.29, 1.82) is 0 Å². The van der Waals surface area contributed by atoms with Gasteiger partial charge in [0.25, 0.3) is 0 Å². The van der Waals surface area contributed by atoms with Crippen LogP contribution in [-0.2, 0) is 0 Å². The molecule has 1 N–H and O–H groups in total. The van der Waals surface area contributed by atoms with Gasteiger partial charge in [-0.25, -0.2) is 0 Å². The van der Waals surface area contributed by atoms with Crippen LogP contribution in [0.4, 0.5) is 11.4 Å². The lowest BCUT2D eigenvalue weighted by molar-refractivity contribution is 1.31. The minimum Gasteiger partial charge on any atom is -0.354 e. The molecule has 0 amide bonds. The van der Waals surface area contributed by atoms with Crippen LogP contribution in [0.1, 0.15) is 11.1 Å². The fourth-order valence-corrected chi connectivity index (χ4v) is 3.06. The molecule has 2 aromatic carbocycles. The number of hydrogen-bond donors (Lipinski definition) is 1. The summed E-state index contributed by atoms with van der Waals surface area (Å²) >= 11 is 1.78. The van der Waals surface area contributed by atoms with Gasteiger partial charge in [-0.15, -0.1) is 0 Å².